The smallest absolute Gasteiger partial charge is 0.267 e. The molecule has 0 unspecified atom stereocenters. The van der Waals surface area contributed by atoms with Gasteiger partial charge in [0, 0.05) is 5.56 Å². The second kappa shape index (κ2) is 4.47. The van der Waals surface area contributed by atoms with Crippen molar-refractivity contribution in [3.05, 3.63) is 34.9 Å². The largest absolute Gasteiger partial charge is 0.270 e. The van der Waals surface area contributed by atoms with Crippen LogP contribution in [0.4, 0.5) is 0 Å². The molecule has 0 atom stereocenters. The van der Waals surface area contributed by atoms with Gasteiger partial charge in [0.1, 0.15) is 0 Å². The monoisotopic (exact) mass is 204 g/mol. The zero-order valence-corrected chi connectivity index (χ0v) is 9.79. The molecule has 15 heavy (non-hydrogen) atoms. The third-order valence-corrected chi connectivity index (χ3v) is 2.60. The number of carbonyl (C=O) groups is 1. The molecule has 0 fully saturated rings. The van der Waals surface area contributed by atoms with Crippen molar-refractivity contribution in [3.63, 3.8) is 0 Å². The molecule has 2 nitrogen and oxygen atoms in total. The summed E-state index contributed by atoms with van der Waals surface area (Å²) in [5, 5.41) is 0. The zero-order valence-electron chi connectivity index (χ0n) is 9.79. The minimum atomic E-state index is -0.567. The van der Waals surface area contributed by atoms with Gasteiger partial charge in [0.2, 0.25) is 0 Å². The quantitative estimate of drug-likeness (QED) is 0.744. The van der Waals surface area contributed by atoms with Crippen LogP contribution in [0, 0.1) is 0 Å². The van der Waals surface area contributed by atoms with E-state index < -0.39 is 5.91 Å². The minimum Gasteiger partial charge on any atom is -0.267 e. The van der Waals surface area contributed by atoms with Crippen LogP contribution in [-0.4, -0.2) is 5.91 Å². The molecule has 0 aliphatic heterocycles. The highest BCUT2D eigenvalue weighted by molar-refractivity contribution is 5.95. The Balaban J connectivity index is 3.42. The van der Waals surface area contributed by atoms with Gasteiger partial charge in [-0.3, -0.25) is 10.5 Å². The molecule has 1 radical (unpaired) electrons. The summed E-state index contributed by atoms with van der Waals surface area (Å²) in [5.41, 5.74) is 9.92. The van der Waals surface area contributed by atoms with Crippen molar-refractivity contribution in [3.8, 4) is 0 Å². The highest BCUT2D eigenvalue weighted by Gasteiger charge is 2.17. The van der Waals surface area contributed by atoms with E-state index in [1.165, 1.54) is 0 Å². The Morgan fingerprint density at radius 3 is 1.73 bits per heavy atom. The number of benzene rings is 1. The SMILES string of the molecule is CC(C)c1cccc(C(C)C)c1C([NH])=O. The van der Waals surface area contributed by atoms with E-state index in [1.54, 1.807) is 0 Å². The van der Waals surface area contributed by atoms with E-state index in [9.17, 15) is 4.79 Å². The summed E-state index contributed by atoms with van der Waals surface area (Å²) in [6.07, 6.45) is 0. The Kier molecular flexibility index (Phi) is 3.51. The van der Waals surface area contributed by atoms with E-state index in [1.807, 2.05) is 45.9 Å². The molecule has 1 aromatic carbocycles. The Morgan fingerprint density at radius 1 is 1.07 bits per heavy atom. The van der Waals surface area contributed by atoms with Crippen LogP contribution in [0.15, 0.2) is 18.2 Å². The molecule has 0 saturated carbocycles. The normalized spacial score (nSPS) is 11.1. The summed E-state index contributed by atoms with van der Waals surface area (Å²) in [4.78, 5) is 11.4. The molecular weight excluding hydrogens is 186 g/mol. The Bertz CT molecular complexity index is 341. The van der Waals surface area contributed by atoms with E-state index in [0.29, 0.717) is 5.56 Å². The molecule has 0 aliphatic rings. The Morgan fingerprint density at radius 2 is 1.47 bits per heavy atom. The molecule has 1 aromatic rings. The summed E-state index contributed by atoms with van der Waals surface area (Å²) in [5.74, 6) is 0.00370. The Hall–Kier alpha value is -1.31. The molecule has 1 rings (SSSR count). The summed E-state index contributed by atoms with van der Waals surface area (Å²) < 4.78 is 0. The summed E-state index contributed by atoms with van der Waals surface area (Å²) in [7, 11) is 0. The van der Waals surface area contributed by atoms with Gasteiger partial charge in [0.05, 0.1) is 0 Å². The third kappa shape index (κ3) is 2.38. The van der Waals surface area contributed by atoms with Gasteiger partial charge in [0.15, 0.2) is 0 Å². The van der Waals surface area contributed by atoms with Gasteiger partial charge in [-0.2, -0.15) is 0 Å². The van der Waals surface area contributed by atoms with Gasteiger partial charge >= 0.3 is 0 Å². The van der Waals surface area contributed by atoms with Crippen LogP contribution in [0.25, 0.3) is 0 Å². The van der Waals surface area contributed by atoms with Crippen molar-refractivity contribution in [2.45, 2.75) is 39.5 Å². The second-order valence-corrected chi connectivity index (χ2v) is 4.45. The number of rotatable bonds is 3. The first kappa shape index (κ1) is 11.8. The van der Waals surface area contributed by atoms with Crippen molar-refractivity contribution in [1.29, 1.82) is 0 Å². The lowest BCUT2D eigenvalue weighted by atomic mass is 9.88. The number of nitrogens with one attached hydrogen (secondary N) is 1. The highest BCUT2D eigenvalue weighted by Crippen LogP contribution is 2.27. The lowest BCUT2D eigenvalue weighted by Crippen LogP contribution is -2.10. The third-order valence-electron chi connectivity index (χ3n) is 2.60. The van der Waals surface area contributed by atoms with Crippen molar-refractivity contribution in [2.24, 2.45) is 0 Å². The average molecular weight is 204 g/mol. The van der Waals surface area contributed by atoms with E-state index in [2.05, 4.69) is 0 Å². The van der Waals surface area contributed by atoms with Crippen LogP contribution < -0.4 is 5.73 Å². The fourth-order valence-electron chi connectivity index (χ4n) is 1.81. The molecule has 1 amide bonds. The predicted octanol–water partition coefficient (Wildman–Crippen LogP) is 3.36. The molecule has 0 aromatic heterocycles. The van der Waals surface area contributed by atoms with Crippen molar-refractivity contribution in [1.82, 2.24) is 5.73 Å². The van der Waals surface area contributed by atoms with E-state index >= 15 is 0 Å². The van der Waals surface area contributed by atoms with Gasteiger partial charge in [-0.1, -0.05) is 45.9 Å². The van der Waals surface area contributed by atoms with Crippen LogP contribution in [0.2, 0.25) is 0 Å². The molecule has 0 saturated heterocycles. The first-order chi connectivity index (χ1) is 6.95. The van der Waals surface area contributed by atoms with Gasteiger partial charge in [-0.05, 0) is 23.0 Å². The lowest BCUT2D eigenvalue weighted by Gasteiger charge is -2.16. The van der Waals surface area contributed by atoms with Gasteiger partial charge in [0.25, 0.3) is 5.91 Å². The van der Waals surface area contributed by atoms with Gasteiger partial charge in [-0.15, -0.1) is 0 Å². The van der Waals surface area contributed by atoms with Crippen LogP contribution in [0.3, 0.4) is 0 Å². The Labute approximate surface area is 91.5 Å². The van der Waals surface area contributed by atoms with Crippen LogP contribution in [-0.2, 0) is 0 Å². The molecule has 0 heterocycles. The summed E-state index contributed by atoms with van der Waals surface area (Å²) in [6.45, 7) is 8.19. The number of hydrogen-bond donors (Lipinski definition) is 0. The molecule has 81 valence electrons. The fraction of sp³-hybridized carbons (Fsp3) is 0.462. The van der Waals surface area contributed by atoms with Crippen molar-refractivity contribution >= 4 is 5.91 Å². The molecular formula is C13H18NO. The van der Waals surface area contributed by atoms with E-state index in [4.69, 9.17) is 5.73 Å². The van der Waals surface area contributed by atoms with Crippen molar-refractivity contribution in [2.75, 3.05) is 0 Å². The summed E-state index contributed by atoms with van der Waals surface area (Å²) >= 11 is 0. The average Bonchev–Trinajstić information content (AvgIpc) is 2.16. The van der Waals surface area contributed by atoms with E-state index in [0.717, 1.165) is 11.1 Å². The van der Waals surface area contributed by atoms with Crippen molar-refractivity contribution < 1.29 is 4.79 Å². The number of amides is 1. The minimum absolute atomic E-state index is 0.285. The van der Waals surface area contributed by atoms with Gasteiger partial charge in [-0.25, -0.2) is 0 Å². The maximum absolute atomic E-state index is 11.4. The maximum atomic E-state index is 11.4. The first-order valence-electron chi connectivity index (χ1n) is 5.33. The first-order valence-corrected chi connectivity index (χ1v) is 5.33. The van der Waals surface area contributed by atoms with Gasteiger partial charge < -0.3 is 0 Å². The summed E-state index contributed by atoms with van der Waals surface area (Å²) in [6, 6.07) is 5.85. The van der Waals surface area contributed by atoms with Crippen LogP contribution in [0.1, 0.15) is 61.0 Å². The number of carbonyl (C=O) groups excluding carboxylic acids is 1. The fourth-order valence-corrected chi connectivity index (χ4v) is 1.81. The standard InChI is InChI=1S/C13H18NO/c1-8(2)10-6-5-7-11(9(3)4)12(10)13(14)15/h5-9,14H,1-4H3. The second-order valence-electron chi connectivity index (χ2n) is 4.45. The molecule has 1 N–H and O–H groups in total. The number of hydrogen-bond acceptors (Lipinski definition) is 1. The highest BCUT2D eigenvalue weighted by atomic mass is 16.1. The van der Waals surface area contributed by atoms with E-state index in [-0.39, 0.29) is 11.8 Å². The lowest BCUT2D eigenvalue weighted by molar-refractivity contribution is 0.0989. The predicted molar refractivity (Wildman–Crippen MR) is 62.0 cm³/mol. The topological polar surface area (TPSA) is 40.9 Å². The molecule has 0 aliphatic carbocycles. The molecule has 0 bridgehead atoms. The van der Waals surface area contributed by atoms with Crippen LogP contribution in [0.5, 0.6) is 0 Å². The van der Waals surface area contributed by atoms with Crippen LogP contribution >= 0.6 is 0 Å². The molecule has 0 spiro atoms. The molecule has 2 heteroatoms. The zero-order chi connectivity index (χ0) is 11.6. The maximum Gasteiger partial charge on any atom is 0.270 e.